The van der Waals surface area contributed by atoms with E-state index in [1.165, 1.54) is 13.0 Å². The first-order chi connectivity index (χ1) is 9.92. The van der Waals surface area contributed by atoms with Gasteiger partial charge in [0.1, 0.15) is 0 Å². The molecule has 21 heavy (non-hydrogen) atoms. The van der Waals surface area contributed by atoms with Crippen LogP contribution < -0.4 is 0 Å². The predicted molar refractivity (Wildman–Crippen MR) is 75.2 cm³/mol. The summed E-state index contributed by atoms with van der Waals surface area (Å²) < 4.78 is 0.440. The molecule has 0 aliphatic heterocycles. The van der Waals surface area contributed by atoms with E-state index in [4.69, 9.17) is 15.1 Å². The van der Waals surface area contributed by atoms with Gasteiger partial charge in [0.15, 0.2) is 6.04 Å². The highest BCUT2D eigenvalue weighted by molar-refractivity contribution is 9.10. The molecule has 114 valence electrons. The van der Waals surface area contributed by atoms with E-state index >= 15 is 0 Å². The number of halogens is 1. The van der Waals surface area contributed by atoms with Crippen LogP contribution in [0.4, 0.5) is 0 Å². The van der Waals surface area contributed by atoms with E-state index in [9.17, 15) is 14.4 Å². The van der Waals surface area contributed by atoms with Crippen molar-refractivity contribution in [2.75, 3.05) is 6.61 Å². The molecule has 0 radical (unpaired) electrons. The molecule has 0 saturated carbocycles. The van der Waals surface area contributed by atoms with Gasteiger partial charge in [-0.1, -0.05) is 19.1 Å². The van der Waals surface area contributed by atoms with E-state index in [2.05, 4.69) is 15.9 Å². The van der Waals surface area contributed by atoms with Crippen molar-refractivity contribution >= 4 is 33.8 Å². The fraction of sp³-hybridized carbons (Fsp3) is 0.308. The number of carbonyl (C=O) groups is 3. The Kier molecular flexibility index (Phi) is 6.32. The average Bonchev–Trinajstić information content (AvgIpc) is 2.46. The largest absolute Gasteiger partial charge is 0.480 e. The molecule has 1 aromatic carbocycles. The van der Waals surface area contributed by atoms with Gasteiger partial charge in [0.25, 0.3) is 5.91 Å². The molecule has 1 aromatic rings. The molecule has 0 spiro atoms. The Morgan fingerprint density at radius 1 is 1.33 bits per heavy atom. The Labute approximate surface area is 129 Å². The van der Waals surface area contributed by atoms with Crippen LogP contribution in [-0.4, -0.2) is 45.8 Å². The minimum Gasteiger partial charge on any atom is -0.480 e. The molecule has 0 fully saturated rings. The number of hydrogen-bond donors (Lipinski definition) is 2. The van der Waals surface area contributed by atoms with E-state index in [1.54, 1.807) is 18.2 Å². The number of carbonyl (C=O) groups excluding carboxylic acids is 2. The first-order valence-corrected chi connectivity index (χ1v) is 6.84. The van der Waals surface area contributed by atoms with E-state index in [1.807, 2.05) is 0 Å². The number of benzene rings is 1. The lowest BCUT2D eigenvalue weighted by molar-refractivity contribution is -0.190. The molecule has 7 nitrogen and oxygen atoms in total. The number of hydrogen-bond acceptors (Lipinski definition) is 5. The summed E-state index contributed by atoms with van der Waals surface area (Å²) in [5.41, 5.74) is 0.133. The minimum absolute atomic E-state index is 0.0764. The summed E-state index contributed by atoms with van der Waals surface area (Å²) in [6, 6.07) is 4.68. The van der Waals surface area contributed by atoms with Crippen molar-refractivity contribution < 1.29 is 29.4 Å². The molecular formula is C13H14BrNO6. The molecule has 8 heteroatoms. The molecule has 1 atom stereocenters. The van der Waals surface area contributed by atoms with Gasteiger partial charge < -0.3 is 15.1 Å². The smallest absolute Gasteiger partial charge is 0.364 e. The van der Waals surface area contributed by atoms with E-state index in [0.29, 0.717) is 9.54 Å². The number of carboxylic acids is 1. The maximum atomic E-state index is 12.0. The minimum atomic E-state index is -1.65. The molecule has 0 aromatic heterocycles. The fourth-order valence-electron chi connectivity index (χ4n) is 1.46. The van der Waals surface area contributed by atoms with Gasteiger partial charge in [-0.25, -0.2) is 9.59 Å². The molecule has 0 aliphatic rings. The Morgan fingerprint density at radius 3 is 2.43 bits per heavy atom. The number of aliphatic hydroxyl groups is 1. The highest BCUT2D eigenvalue weighted by Gasteiger charge is 2.32. The summed E-state index contributed by atoms with van der Waals surface area (Å²) in [5.74, 6) is -3.10. The number of rotatable bonds is 5. The van der Waals surface area contributed by atoms with Gasteiger partial charge in [-0.2, -0.15) is 5.06 Å². The van der Waals surface area contributed by atoms with Gasteiger partial charge in [-0.3, -0.25) is 4.79 Å². The lowest BCUT2D eigenvalue weighted by Gasteiger charge is -2.25. The molecule has 2 N–H and O–H groups in total. The predicted octanol–water partition coefficient (Wildman–Crippen LogP) is 1.20. The highest BCUT2D eigenvalue weighted by Crippen LogP contribution is 2.18. The quantitative estimate of drug-likeness (QED) is 0.765. The number of aliphatic hydroxyl groups excluding tert-OH is 1. The van der Waals surface area contributed by atoms with E-state index < -0.39 is 30.5 Å². The third kappa shape index (κ3) is 4.27. The van der Waals surface area contributed by atoms with Crippen molar-refractivity contribution in [1.29, 1.82) is 0 Å². The van der Waals surface area contributed by atoms with Crippen LogP contribution in [0.15, 0.2) is 28.7 Å². The number of amides is 1. The molecule has 1 rings (SSSR count). The van der Waals surface area contributed by atoms with Crippen LogP contribution in [0.3, 0.4) is 0 Å². The zero-order valence-corrected chi connectivity index (χ0v) is 12.7. The van der Waals surface area contributed by atoms with E-state index in [0.717, 1.165) is 0 Å². The van der Waals surface area contributed by atoms with Crippen molar-refractivity contribution in [1.82, 2.24) is 5.06 Å². The topological polar surface area (TPSA) is 104 Å². The zero-order chi connectivity index (χ0) is 16.0. The maximum absolute atomic E-state index is 12.0. The van der Waals surface area contributed by atoms with Crippen LogP contribution in [0.2, 0.25) is 0 Å². The monoisotopic (exact) mass is 359 g/mol. The van der Waals surface area contributed by atoms with E-state index in [-0.39, 0.29) is 12.0 Å². The first kappa shape index (κ1) is 17.1. The van der Waals surface area contributed by atoms with Gasteiger partial charge in [0.05, 0.1) is 12.2 Å². The van der Waals surface area contributed by atoms with Gasteiger partial charge in [0.2, 0.25) is 0 Å². The number of nitrogens with zero attached hydrogens (tertiary/aromatic N) is 1. The fourth-order valence-corrected chi connectivity index (χ4v) is 1.91. The van der Waals surface area contributed by atoms with Crippen LogP contribution in [0, 0.1) is 0 Å². The van der Waals surface area contributed by atoms with Gasteiger partial charge in [-0.15, -0.1) is 0 Å². The van der Waals surface area contributed by atoms with Crippen LogP contribution >= 0.6 is 15.9 Å². The number of hydroxylamine groups is 2. The summed E-state index contributed by atoms with van der Waals surface area (Å²) in [5, 5.41) is 18.4. The summed E-state index contributed by atoms with van der Waals surface area (Å²) in [6.45, 7) is 0.613. The second-order valence-corrected chi connectivity index (χ2v) is 4.82. The lowest BCUT2D eigenvalue weighted by atomic mass is 10.2. The second-order valence-electron chi connectivity index (χ2n) is 3.97. The Bertz CT molecular complexity index is 547. The Morgan fingerprint density at radius 2 is 1.95 bits per heavy atom. The Hall–Kier alpha value is -1.93. The highest BCUT2D eigenvalue weighted by atomic mass is 79.9. The molecule has 0 bridgehead atoms. The van der Waals surface area contributed by atoms with Gasteiger partial charge >= 0.3 is 11.9 Å². The van der Waals surface area contributed by atoms with Gasteiger partial charge in [-0.05, 0) is 28.1 Å². The summed E-state index contributed by atoms with van der Waals surface area (Å²) >= 11 is 3.15. The average molecular weight is 360 g/mol. The van der Waals surface area contributed by atoms with Crippen LogP contribution in [-0.2, 0) is 14.4 Å². The third-order valence-electron chi connectivity index (χ3n) is 2.56. The molecule has 0 unspecified atom stereocenters. The van der Waals surface area contributed by atoms with Crippen molar-refractivity contribution in [2.24, 2.45) is 0 Å². The second kappa shape index (κ2) is 7.75. The van der Waals surface area contributed by atoms with Gasteiger partial charge in [0, 0.05) is 10.9 Å². The Balaban J connectivity index is 3.02. The number of aliphatic carboxylic acids is 1. The van der Waals surface area contributed by atoms with Crippen molar-refractivity contribution in [2.45, 2.75) is 19.4 Å². The third-order valence-corrected chi connectivity index (χ3v) is 3.26. The molecule has 0 heterocycles. The number of carboxylic acid groups (broad SMARTS) is 1. The molecule has 1 amide bonds. The lowest BCUT2D eigenvalue weighted by Crippen LogP contribution is -2.48. The van der Waals surface area contributed by atoms with Crippen molar-refractivity contribution in [3.63, 3.8) is 0 Å². The summed E-state index contributed by atoms with van der Waals surface area (Å²) in [7, 11) is 0. The SMILES string of the molecule is CCC(=O)N(OC(=O)c1ccccc1Br)[C@@H](CO)C(=O)O. The maximum Gasteiger partial charge on any atom is 0.364 e. The molecule has 0 aliphatic carbocycles. The van der Waals surface area contributed by atoms with Crippen molar-refractivity contribution in [3.05, 3.63) is 34.3 Å². The first-order valence-electron chi connectivity index (χ1n) is 6.04. The van der Waals surface area contributed by atoms with Crippen LogP contribution in [0.1, 0.15) is 23.7 Å². The summed E-state index contributed by atoms with van der Waals surface area (Å²) in [6.07, 6.45) is -0.0764. The molecular weight excluding hydrogens is 346 g/mol. The standard InChI is InChI=1S/C13H14BrNO6/c1-2-11(17)15(10(7-16)12(18)19)21-13(20)8-5-3-4-6-9(8)14/h3-6,10,16H,2,7H2,1H3,(H,18,19)/t10-/m0/s1. The molecule has 0 saturated heterocycles. The van der Waals surface area contributed by atoms with Crippen LogP contribution in [0.5, 0.6) is 0 Å². The summed E-state index contributed by atoms with van der Waals surface area (Å²) in [4.78, 5) is 39.6. The normalized spacial score (nSPS) is 11.6. The van der Waals surface area contributed by atoms with Crippen molar-refractivity contribution in [3.8, 4) is 0 Å². The van der Waals surface area contributed by atoms with Crippen LogP contribution in [0.25, 0.3) is 0 Å². The zero-order valence-electron chi connectivity index (χ0n) is 11.2.